The molecule has 1 aliphatic rings. The molecule has 1 heterocycles. The number of nitrogens with one attached hydrogen (secondary N) is 1. The number of benzene rings is 1. The molecular weight excluding hydrogens is 375 g/mol. The molecule has 110 valence electrons. The van der Waals surface area contributed by atoms with Crippen LogP contribution in [-0.2, 0) is 5.41 Å². The van der Waals surface area contributed by atoms with Crippen molar-refractivity contribution in [1.29, 1.82) is 0 Å². The first-order valence-corrected chi connectivity index (χ1v) is 8.54. The molecule has 2 aromatic rings. The highest BCUT2D eigenvalue weighted by Gasteiger charge is 2.38. The van der Waals surface area contributed by atoms with Crippen LogP contribution in [0.1, 0.15) is 49.2 Å². The summed E-state index contributed by atoms with van der Waals surface area (Å²) in [4.78, 5) is 20.0. The zero-order chi connectivity index (χ0) is 14.9. The van der Waals surface area contributed by atoms with Gasteiger partial charge in [-0.1, -0.05) is 49.6 Å². The van der Waals surface area contributed by atoms with Gasteiger partial charge in [-0.25, -0.2) is 4.98 Å². The van der Waals surface area contributed by atoms with Crippen LogP contribution in [0.2, 0.25) is 0 Å². The number of aromatic amines is 1. The molecule has 0 radical (unpaired) electrons. The maximum absolute atomic E-state index is 12.2. The predicted octanol–water partition coefficient (Wildman–Crippen LogP) is 3.93. The van der Waals surface area contributed by atoms with E-state index < -0.39 is 0 Å². The highest BCUT2D eigenvalue weighted by atomic mass is 127. The maximum Gasteiger partial charge on any atom is 0.264 e. The number of aryl methyl sites for hydroxylation is 1. The van der Waals surface area contributed by atoms with Crippen molar-refractivity contribution in [2.24, 2.45) is 0 Å². The molecule has 3 rings (SSSR count). The second kappa shape index (κ2) is 5.91. The lowest BCUT2D eigenvalue weighted by atomic mass is 9.68. The summed E-state index contributed by atoms with van der Waals surface area (Å²) in [5, 5.41) is 0. The van der Waals surface area contributed by atoms with Crippen molar-refractivity contribution in [2.45, 2.75) is 44.4 Å². The van der Waals surface area contributed by atoms with Crippen molar-refractivity contribution in [1.82, 2.24) is 9.97 Å². The lowest BCUT2D eigenvalue weighted by Gasteiger charge is -2.37. The van der Waals surface area contributed by atoms with Crippen LogP contribution in [0, 0.1) is 10.5 Å². The van der Waals surface area contributed by atoms with Gasteiger partial charge < -0.3 is 4.98 Å². The third-order valence-corrected chi connectivity index (χ3v) is 5.79. The summed E-state index contributed by atoms with van der Waals surface area (Å²) in [6, 6.07) is 10.5. The molecular formula is C17H19IN2O. The summed E-state index contributed by atoms with van der Waals surface area (Å²) < 4.78 is 0.690. The maximum atomic E-state index is 12.2. The minimum Gasteiger partial charge on any atom is -0.309 e. The second-order valence-electron chi connectivity index (χ2n) is 5.82. The van der Waals surface area contributed by atoms with Crippen LogP contribution in [-0.4, -0.2) is 9.97 Å². The molecule has 3 nitrogen and oxygen atoms in total. The molecule has 1 saturated carbocycles. The molecule has 21 heavy (non-hydrogen) atoms. The first-order valence-electron chi connectivity index (χ1n) is 7.46. The molecule has 1 aliphatic carbocycles. The number of hydrogen-bond acceptors (Lipinski definition) is 2. The topological polar surface area (TPSA) is 45.8 Å². The average Bonchev–Trinajstić information content (AvgIpc) is 2.53. The number of halogens is 1. The van der Waals surface area contributed by atoms with E-state index in [1.807, 2.05) is 13.0 Å². The number of H-pyrrole nitrogens is 1. The third-order valence-electron chi connectivity index (χ3n) is 4.52. The van der Waals surface area contributed by atoms with Crippen LogP contribution in [0.3, 0.4) is 0 Å². The van der Waals surface area contributed by atoms with Crippen molar-refractivity contribution >= 4 is 22.6 Å². The van der Waals surface area contributed by atoms with Gasteiger partial charge in [0.05, 0.1) is 14.7 Å². The van der Waals surface area contributed by atoms with Crippen LogP contribution < -0.4 is 5.56 Å². The van der Waals surface area contributed by atoms with E-state index >= 15 is 0 Å². The van der Waals surface area contributed by atoms with E-state index in [2.05, 4.69) is 51.8 Å². The number of nitrogens with zero attached hydrogens (tertiary/aromatic N) is 1. The molecule has 0 unspecified atom stereocenters. The van der Waals surface area contributed by atoms with E-state index in [1.54, 1.807) is 0 Å². The Morgan fingerprint density at radius 3 is 2.43 bits per heavy atom. The first kappa shape index (κ1) is 14.8. The lowest BCUT2D eigenvalue weighted by Crippen LogP contribution is -2.35. The van der Waals surface area contributed by atoms with Crippen molar-refractivity contribution in [3.05, 3.63) is 61.3 Å². The molecule has 0 spiro atoms. The van der Waals surface area contributed by atoms with Gasteiger partial charge in [-0.3, -0.25) is 4.79 Å². The first-order chi connectivity index (χ1) is 10.1. The Morgan fingerprint density at radius 1 is 1.14 bits per heavy atom. The number of rotatable bonds is 2. The molecule has 1 aromatic carbocycles. The summed E-state index contributed by atoms with van der Waals surface area (Å²) in [5.41, 5.74) is 1.95. The fourth-order valence-corrected chi connectivity index (χ4v) is 3.63. The van der Waals surface area contributed by atoms with Gasteiger partial charge in [0.25, 0.3) is 5.56 Å². The lowest BCUT2D eigenvalue weighted by molar-refractivity contribution is 0.329. The summed E-state index contributed by atoms with van der Waals surface area (Å²) in [5.74, 6) is 0.844. The predicted molar refractivity (Wildman–Crippen MR) is 92.6 cm³/mol. The highest BCUT2D eigenvalue weighted by Crippen LogP contribution is 2.43. The van der Waals surface area contributed by atoms with Crippen molar-refractivity contribution in [2.75, 3.05) is 0 Å². The van der Waals surface area contributed by atoms with Crippen molar-refractivity contribution in [3.8, 4) is 0 Å². The number of aromatic nitrogens is 2. The van der Waals surface area contributed by atoms with Crippen LogP contribution in [0.15, 0.2) is 35.1 Å². The fourth-order valence-electron chi connectivity index (χ4n) is 3.37. The van der Waals surface area contributed by atoms with Gasteiger partial charge in [0.1, 0.15) is 5.82 Å². The van der Waals surface area contributed by atoms with Gasteiger partial charge in [-0.15, -0.1) is 0 Å². The molecule has 4 heteroatoms. The summed E-state index contributed by atoms with van der Waals surface area (Å²) in [7, 11) is 0. The molecule has 1 aromatic heterocycles. The Balaban J connectivity index is 2.19. The SMILES string of the molecule is Cc1nc(C2(c3ccccc3)CCCCC2)[nH]c(=O)c1I. The van der Waals surface area contributed by atoms with Crippen LogP contribution in [0.5, 0.6) is 0 Å². The number of hydrogen-bond donors (Lipinski definition) is 1. The second-order valence-corrected chi connectivity index (χ2v) is 6.90. The molecule has 0 amide bonds. The Labute approximate surface area is 138 Å². The van der Waals surface area contributed by atoms with Gasteiger partial charge in [-0.05, 0) is 47.9 Å². The smallest absolute Gasteiger partial charge is 0.264 e. The van der Waals surface area contributed by atoms with Crippen LogP contribution in [0.25, 0.3) is 0 Å². The van der Waals surface area contributed by atoms with E-state index in [0.29, 0.717) is 3.57 Å². The largest absolute Gasteiger partial charge is 0.309 e. The Hall–Kier alpha value is -1.17. The van der Waals surface area contributed by atoms with Crippen LogP contribution >= 0.6 is 22.6 Å². The van der Waals surface area contributed by atoms with Gasteiger partial charge in [0.15, 0.2) is 0 Å². The quantitative estimate of drug-likeness (QED) is 0.785. The van der Waals surface area contributed by atoms with E-state index in [4.69, 9.17) is 4.98 Å². The van der Waals surface area contributed by atoms with Gasteiger partial charge in [-0.2, -0.15) is 0 Å². The summed E-state index contributed by atoms with van der Waals surface area (Å²) in [6.07, 6.45) is 5.75. The molecule has 0 aliphatic heterocycles. The monoisotopic (exact) mass is 394 g/mol. The summed E-state index contributed by atoms with van der Waals surface area (Å²) in [6.45, 7) is 1.92. The van der Waals surface area contributed by atoms with E-state index in [9.17, 15) is 4.79 Å². The molecule has 1 fully saturated rings. The minimum atomic E-state index is -0.131. The Morgan fingerprint density at radius 2 is 1.81 bits per heavy atom. The highest BCUT2D eigenvalue weighted by molar-refractivity contribution is 14.1. The van der Waals surface area contributed by atoms with E-state index in [-0.39, 0.29) is 11.0 Å². The van der Waals surface area contributed by atoms with E-state index in [0.717, 1.165) is 24.4 Å². The average molecular weight is 394 g/mol. The van der Waals surface area contributed by atoms with Crippen LogP contribution in [0.4, 0.5) is 0 Å². The molecule has 0 saturated heterocycles. The Bertz CT molecular complexity index is 688. The van der Waals surface area contributed by atoms with Crippen molar-refractivity contribution < 1.29 is 0 Å². The minimum absolute atomic E-state index is 0.0148. The van der Waals surface area contributed by atoms with Crippen molar-refractivity contribution in [3.63, 3.8) is 0 Å². The van der Waals surface area contributed by atoms with Gasteiger partial charge in [0.2, 0.25) is 0 Å². The van der Waals surface area contributed by atoms with Gasteiger partial charge in [0, 0.05) is 0 Å². The zero-order valence-corrected chi connectivity index (χ0v) is 14.3. The van der Waals surface area contributed by atoms with Gasteiger partial charge >= 0.3 is 0 Å². The Kier molecular flexibility index (Phi) is 4.15. The normalized spacial score (nSPS) is 17.6. The fraction of sp³-hybridized carbons (Fsp3) is 0.412. The molecule has 0 bridgehead atoms. The molecule has 1 N–H and O–H groups in total. The standard InChI is InChI=1S/C17H19IN2O/c1-12-14(18)15(21)20-16(19-12)17(10-6-3-7-11-17)13-8-4-2-5-9-13/h2,4-5,8-9H,3,6-7,10-11H2,1H3,(H,19,20,21). The zero-order valence-electron chi connectivity index (χ0n) is 12.2. The molecule has 0 atom stereocenters. The summed E-state index contributed by atoms with van der Waals surface area (Å²) >= 11 is 2.07. The van der Waals surface area contributed by atoms with E-state index in [1.165, 1.54) is 24.8 Å². The third kappa shape index (κ3) is 2.65.